The first-order valence-corrected chi connectivity index (χ1v) is 5.33. The lowest BCUT2D eigenvalue weighted by Crippen LogP contribution is -2.47. The van der Waals surface area contributed by atoms with Crippen molar-refractivity contribution in [2.45, 2.75) is 25.3 Å². The van der Waals surface area contributed by atoms with Crippen LogP contribution in [-0.2, 0) is 4.79 Å². The van der Waals surface area contributed by atoms with Gasteiger partial charge in [0.15, 0.2) is 0 Å². The number of rotatable bonds is 0. The van der Waals surface area contributed by atoms with Gasteiger partial charge in [0.05, 0.1) is 6.04 Å². The highest BCUT2D eigenvalue weighted by Gasteiger charge is 2.35. The van der Waals surface area contributed by atoms with Gasteiger partial charge in [-0.3, -0.25) is 4.79 Å². The molecule has 0 aromatic heterocycles. The lowest BCUT2D eigenvalue weighted by Gasteiger charge is -2.34. The molecule has 1 unspecified atom stereocenters. The first-order valence-electron chi connectivity index (χ1n) is 5.33. The van der Waals surface area contributed by atoms with Crippen LogP contribution in [0.5, 0.6) is 0 Å². The van der Waals surface area contributed by atoms with Crippen molar-refractivity contribution in [2.75, 3.05) is 13.1 Å². The Bertz CT molecular complexity index is 343. The van der Waals surface area contributed by atoms with Crippen LogP contribution in [0.2, 0.25) is 0 Å². The fourth-order valence-corrected chi connectivity index (χ4v) is 2.63. The van der Waals surface area contributed by atoms with Crippen molar-refractivity contribution in [1.82, 2.24) is 10.2 Å². The molecule has 0 radical (unpaired) electrons. The normalized spacial score (nSPS) is 30.1. The largest absolute Gasteiger partial charge is 0.358 e. The third-order valence-electron chi connectivity index (χ3n) is 3.31. The number of fused-ring (bicyclic) bond motifs is 3. The number of carbonyl (C=O) groups excluding carboxylic acids is 1. The minimum Gasteiger partial charge on any atom is -0.358 e. The average Bonchev–Trinajstić information content (AvgIpc) is 2.59. The molecule has 0 saturated carbocycles. The van der Waals surface area contributed by atoms with Crippen molar-refractivity contribution in [3.05, 3.63) is 23.4 Å². The zero-order valence-electron chi connectivity index (χ0n) is 8.12. The molecule has 0 spiro atoms. The van der Waals surface area contributed by atoms with E-state index in [4.69, 9.17) is 0 Å². The summed E-state index contributed by atoms with van der Waals surface area (Å²) in [5.41, 5.74) is 2.25. The zero-order chi connectivity index (χ0) is 9.54. The van der Waals surface area contributed by atoms with E-state index in [-0.39, 0.29) is 5.91 Å². The van der Waals surface area contributed by atoms with Crippen molar-refractivity contribution in [2.24, 2.45) is 0 Å². The lowest BCUT2D eigenvalue weighted by atomic mass is 9.95. The summed E-state index contributed by atoms with van der Waals surface area (Å²) in [5, 5.41) is 2.89. The summed E-state index contributed by atoms with van der Waals surface area (Å²) in [7, 11) is 0. The second-order valence-electron chi connectivity index (χ2n) is 4.13. The highest BCUT2D eigenvalue weighted by atomic mass is 16.2. The minimum atomic E-state index is 0.103. The molecule has 14 heavy (non-hydrogen) atoms. The molecule has 3 nitrogen and oxygen atoms in total. The predicted molar refractivity (Wildman–Crippen MR) is 53.5 cm³/mol. The number of carbonyl (C=O) groups is 1. The Morgan fingerprint density at radius 2 is 2.43 bits per heavy atom. The highest BCUT2D eigenvalue weighted by molar-refractivity contribution is 5.95. The molecule has 0 aromatic rings. The molecule has 74 valence electrons. The second-order valence-corrected chi connectivity index (χ2v) is 4.13. The van der Waals surface area contributed by atoms with E-state index in [0.717, 1.165) is 18.8 Å². The third kappa shape index (κ3) is 1.01. The van der Waals surface area contributed by atoms with E-state index < -0.39 is 0 Å². The summed E-state index contributed by atoms with van der Waals surface area (Å²) in [6, 6.07) is 0.504. The fourth-order valence-electron chi connectivity index (χ4n) is 2.63. The summed E-state index contributed by atoms with van der Waals surface area (Å²) in [6.45, 7) is 1.76. The Morgan fingerprint density at radius 1 is 1.50 bits per heavy atom. The fraction of sp³-hybridized carbons (Fsp3) is 0.545. The maximum atomic E-state index is 11.6. The minimum absolute atomic E-state index is 0.103. The van der Waals surface area contributed by atoms with E-state index in [2.05, 4.69) is 22.4 Å². The molecule has 2 aliphatic heterocycles. The summed E-state index contributed by atoms with van der Waals surface area (Å²) in [6.07, 6.45) is 7.99. The molecule has 3 rings (SSSR count). The summed E-state index contributed by atoms with van der Waals surface area (Å²) in [5.74, 6) is 0.103. The standard InChI is InChI=1S/C11H14N2O/c14-11-10-7-8-3-1-2-4-9(8)13(10)6-5-12-11/h3,7,9H,1-2,4-6H2,(H,12,14). The SMILES string of the molecule is O=C1NCCN2C1=CC1=CCCCC12. The highest BCUT2D eigenvalue weighted by Crippen LogP contribution is 2.34. The molecule has 1 atom stereocenters. The molecule has 2 heterocycles. The number of hydrogen-bond acceptors (Lipinski definition) is 2. The maximum Gasteiger partial charge on any atom is 0.267 e. The van der Waals surface area contributed by atoms with Crippen LogP contribution in [0.3, 0.4) is 0 Å². The number of hydrogen-bond donors (Lipinski definition) is 1. The molecule has 1 aliphatic carbocycles. The second kappa shape index (κ2) is 2.87. The molecule has 3 aliphatic rings. The van der Waals surface area contributed by atoms with Crippen LogP contribution in [0.4, 0.5) is 0 Å². The number of amides is 1. The number of nitrogens with one attached hydrogen (secondary N) is 1. The van der Waals surface area contributed by atoms with E-state index in [1.807, 2.05) is 0 Å². The molecule has 1 fully saturated rings. The monoisotopic (exact) mass is 190 g/mol. The number of nitrogens with zero attached hydrogens (tertiary/aromatic N) is 1. The Kier molecular flexibility index (Phi) is 1.66. The first-order chi connectivity index (χ1) is 6.86. The van der Waals surface area contributed by atoms with Gasteiger partial charge >= 0.3 is 0 Å². The van der Waals surface area contributed by atoms with E-state index in [0.29, 0.717) is 6.04 Å². The van der Waals surface area contributed by atoms with Gasteiger partial charge in [-0.2, -0.15) is 0 Å². The van der Waals surface area contributed by atoms with Gasteiger partial charge in [0.2, 0.25) is 0 Å². The lowest BCUT2D eigenvalue weighted by molar-refractivity contribution is -0.120. The summed E-state index contributed by atoms with van der Waals surface area (Å²) in [4.78, 5) is 13.8. The first kappa shape index (κ1) is 8.09. The molecular weight excluding hydrogens is 176 g/mol. The van der Waals surface area contributed by atoms with Crippen molar-refractivity contribution in [1.29, 1.82) is 0 Å². The molecule has 0 bridgehead atoms. The van der Waals surface area contributed by atoms with Gasteiger partial charge in [-0.25, -0.2) is 0 Å². The van der Waals surface area contributed by atoms with Gasteiger partial charge in [0.25, 0.3) is 5.91 Å². The molecule has 3 heteroatoms. The maximum absolute atomic E-state index is 11.6. The van der Waals surface area contributed by atoms with E-state index >= 15 is 0 Å². The van der Waals surface area contributed by atoms with Gasteiger partial charge in [-0.05, 0) is 30.9 Å². The number of allylic oxidation sites excluding steroid dienone is 1. The van der Waals surface area contributed by atoms with Gasteiger partial charge < -0.3 is 10.2 Å². The van der Waals surface area contributed by atoms with Crippen LogP contribution < -0.4 is 5.32 Å². The smallest absolute Gasteiger partial charge is 0.267 e. The van der Waals surface area contributed by atoms with Crippen molar-refractivity contribution in [3.63, 3.8) is 0 Å². The van der Waals surface area contributed by atoms with Crippen LogP contribution in [0.15, 0.2) is 23.4 Å². The van der Waals surface area contributed by atoms with Gasteiger partial charge in [-0.1, -0.05) is 6.08 Å². The van der Waals surface area contributed by atoms with Crippen LogP contribution in [-0.4, -0.2) is 29.9 Å². The molecule has 1 N–H and O–H groups in total. The topological polar surface area (TPSA) is 32.3 Å². The summed E-state index contributed by atoms with van der Waals surface area (Å²) < 4.78 is 0. The van der Waals surface area contributed by atoms with Crippen LogP contribution in [0, 0.1) is 0 Å². The van der Waals surface area contributed by atoms with E-state index in [1.54, 1.807) is 0 Å². The predicted octanol–water partition coefficient (Wildman–Crippen LogP) is 0.795. The van der Waals surface area contributed by atoms with Gasteiger partial charge in [-0.15, -0.1) is 0 Å². The van der Waals surface area contributed by atoms with Crippen LogP contribution >= 0.6 is 0 Å². The number of piperazine rings is 1. The molecule has 1 amide bonds. The summed E-state index contributed by atoms with van der Waals surface area (Å²) >= 11 is 0. The zero-order valence-corrected chi connectivity index (χ0v) is 8.12. The van der Waals surface area contributed by atoms with E-state index in [1.165, 1.54) is 24.8 Å². The Labute approximate surface area is 83.5 Å². The Balaban J connectivity index is 1.98. The molecular formula is C11H14N2O. The molecule has 1 saturated heterocycles. The van der Waals surface area contributed by atoms with Crippen LogP contribution in [0.1, 0.15) is 19.3 Å². The van der Waals surface area contributed by atoms with E-state index in [9.17, 15) is 4.79 Å². The third-order valence-corrected chi connectivity index (χ3v) is 3.31. The Morgan fingerprint density at radius 3 is 3.36 bits per heavy atom. The van der Waals surface area contributed by atoms with Crippen molar-refractivity contribution < 1.29 is 4.79 Å². The quantitative estimate of drug-likeness (QED) is 0.612. The van der Waals surface area contributed by atoms with Gasteiger partial charge in [0, 0.05) is 13.1 Å². The van der Waals surface area contributed by atoms with Crippen molar-refractivity contribution in [3.8, 4) is 0 Å². The Hall–Kier alpha value is -1.25. The van der Waals surface area contributed by atoms with Crippen molar-refractivity contribution >= 4 is 5.91 Å². The average molecular weight is 190 g/mol. The molecule has 0 aromatic carbocycles. The van der Waals surface area contributed by atoms with Crippen LogP contribution in [0.25, 0.3) is 0 Å². The van der Waals surface area contributed by atoms with Gasteiger partial charge in [0.1, 0.15) is 5.70 Å².